The molecule has 0 saturated heterocycles. The fourth-order valence-electron chi connectivity index (χ4n) is 0.806. The summed E-state index contributed by atoms with van der Waals surface area (Å²) in [5.41, 5.74) is 0. The maximum absolute atomic E-state index is 8.84. The Morgan fingerprint density at radius 1 is 1.25 bits per heavy atom. The van der Waals surface area contributed by atoms with Crippen molar-refractivity contribution in [2.45, 2.75) is 17.3 Å². The van der Waals surface area contributed by atoms with Crippen molar-refractivity contribution in [2.75, 3.05) is 0 Å². The van der Waals surface area contributed by atoms with Crippen molar-refractivity contribution in [3.8, 4) is 6.07 Å². The zero-order valence-electron chi connectivity index (χ0n) is 7.24. The second-order valence-corrected chi connectivity index (χ2v) is 7.88. The number of hydrogen-bond donors (Lipinski definition) is 0. The van der Waals surface area contributed by atoms with Crippen LogP contribution in [0, 0.1) is 11.3 Å². The molecular formula is C10H11NTe. The van der Waals surface area contributed by atoms with Crippen LogP contribution in [0.2, 0.25) is 3.46 Å². The first kappa shape index (κ1) is 9.59. The van der Waals surface area contributed by atoms with Crippen molar-refractivity contribution in [3.05, 3.63) is 30.3 Å². The summed E-state index contributed by atoms with van der Waals surface area (Å²) in [6.45, 7) is 4.03. The molecule has 0 radical (unpaired) electrons. The van der Waals surface area contributed by atoms with E-state index in [1.807, 2.05) is 32.0 Å². The number of rotatable bonds is 2. The van der Waals surface area contributed by atoms with Gasteiger partial charge in [-0.05, 0) is 0 Å². The molecule has 0 N–H and O–H groups in total. The molecular weight excluding hydrogens is 262 g/mol. The summed E-state index contributed by atoms with van der Waals surface area (Å²) in [4.78, 5) is 0. The second-order valence-electron chi connectivity index (χ2n) is 3.04. The number of nitrogens with zero attached hydrogens (tertiary/aromatic N) is 1. The van der Waals surface area contributed by atoms with Gasteiger partial charge in [-0.2, -0.15) is 0 Å². The molecule has 0 aromatic heterocycles. The molecule has 0 aliphatic rings. The van der Waals surface area contributed by atoms with E-state index in [0.717, 1.165) is 0 Å². The molecule has 1 rings (SSSR count). The van der Waals surface area contributed by atoms with Crippen LogP contribution in [-0.4, -0.2) is 20.9 Å². The summed E-state index contributed by atoms with van der Waals surface area (Å²) in [6, 6.07) is 12.7. The Balaban J connectivity index is 2.72. The Kier molecular flexibility index (Phi) is 3.15. The summed E-state index contributed by atoms with van der Waals surface area (Å²) in [6.07, 6.45) is 0. The molecule has 0 amide bonds. The Labute approximate surface area is 83.5 Å². The molecule has 1 nitrogen and oxygen atoms in total. The summed E-state index contributed by atoms with van der Waals surface area (Å²) < 4.78 is 1.24. The molecule has 0 aliphatic carbocycles. The average molecular weight is 273 g/mol. The van der Waals surface area contributed by atoms with Gasteiger partial charge in [-0.1, -0.05) is 0 Å². The van der Waals surface area contributed by atoms with E-state index in [1.54, 1.807) is 0 Å². The van der Waals surface area contributed by atoms with Crippen LogP contribution in [-0.2, 0) is 0 Å². The molecule has 0 aliphatic heterocycles. The fourth-order valence-corrected chi connectivity index (χ4v) is 3.45. The topological polar surface area (TPSA) is 23.8 Å². The molecule has 0 fully saturated rings. The molecule has 2 heteroatoms. The van der Waals surface area contributed by atoms with Gasteiger partial charge in [0.2, 0.25) is 0 Å². The van der Waals surface area contributed by atoms with Gasteiger partial charge in [-0.25, -0.2) is 0 Å². The number of benzene rings is 1. The first-order chi connectivity index (χ1) is 5.64. The van der Waals surface area contributed by atoms with E-state index in [4.69, 9.17) is 5.26 Å². The molecule has 0 heterocycles. The SMILES string of the molecule is CC(C)(C#N)[Te]c1ccccc1. The molecule has 0 saturated carbocycles. The van der Waals surface area contributed by atoms with Gasteiger partial charge in [0.1, 0.15) is 0 Å². The van der Waals surface area contributed by atoms with Gasteiger partial charge in [-0.3, -0.25) is 0 Å². The summed E-state index contributed by atoms with van der Waals surface area (Å²) >= 11 is -0.363. The third-order valence-corrected chi connectivity index (χ3v) is 4.55. The van der Waals surface area contributed by atoms with E-state index in [9.17, 15) is 0 Å². The monoisotopic (exact) mass is 275 g/mol. The van der Waals surface area contributed by atoms with Crippen LogP contribution in [0.25, 0.3) is 0 Å². The van der Waals surface area contributed by atoms with Crippen LogP contribution in [0.5, 0.6) is 0 Å². The fraction of sp³-hybridized carbons (Fsp3) is 0.300. The van der Waals surface area contributed by atoms with Gasteiger partial charge < -0.3 is 0 Å². The van der Waals surface area contributed by atoms with Gasteiger partial charge in [0.15, 0.2) is 0 Å². The first-order valence-electron chi connectivity index (χ1n) is 3.79. The van der Waals surface area contributed by atoms with E-state index >= 15 is 0 Å². The van der Waals surface area contributed by atoms with Crippen molar-refractivity contribution < 1.29 is 0 Å². The standard InChI is InChI=1S/C10H11NTe/c1-10(2,8-11)12-9-6-4-3-5-7-9/h3-7H,1-2H3. The number of nitriles is 1. The number of hydrogen-bond acceptors (Lipinski definition) is 1. The van der Waals surface area contributed by atoms with Crippen LogP contribution in [0.3, 0.4) is 0 Å². The Morgan fingerprint density at radius 3 is 2.33 bits per heavy atom. The summed E-state index contributed by atoms with van der Waals surface area (Å²) in [7, 11) is 0. The van der Waals surface area contributed by atoms with Crippen molar-refractivity contribution in [2.24, 2.45) is 0 Å². The van der Waals surface area contributed by atoms with E-state index in [1.165, 1.54) is 3.61 Å². The Morgan fingerprint density at radius 2 is 1.83 bits per heavy atom. The van der Waals surface area contributed by atoms with Gasteiger partial charge in [-0.15, -0.1) is 0 Å². The molecule has 1 aromatic rings. The van der Waals surface area contributed by atoms with E-state index in [0.29, 0.717) is 0 Å². The molecule has 12 heavy (non-hydrogen) atoms. The van der Waals surface area contributed by atoms with E-state index in [-0.39, 0.29) is 24.4 Å². The van der Waals surface area contributed by atoms with Crippen LogP contribution in [0.15, 0.2) is 30.3 Å². The Bertz CT molecular complexity index is 284. The average Bonchev–Trinajstić information content (AvgIpc) is 2.06. The van der Waals surface area contributed by atoms with Crippen LogP contribution >= 0.6 is 0 Å². The first-order valence-corrected chi connectivity index (χ1v) is 6.12. The zero-order valence-corrected chi connectivity index (χ0v) is 9.57. The third kappa shape index (κ3) is 2.86. The van der Waals surface area contributed by atoms with Crippen LogP contribution in [0.1, 0.15) is 13.8 Å². The quantitative estimate of drug-likeness (QED) is 0.753. The molecule has 62 valence electrons. The van der Waals surface area contributed by atoms with Gasteiger partial charge >= 0.3 is 83.5 Å². The second kappa shape index (κ2) is 3.94. The minimum atomic E-state index is -0.363. The summed E-state index contributed by atoms with van der Waals surface area (Å²) in [5, 5.41) is 8.84. The predicted octanol–water partition coefficient (Wildman–Crippen LogP) is 1.74. The normalized spacial score (nSPS) is 10.8. The third-order valence-electron chi connectivity index (χ3n) is 1.39. The molecule has 1 aromatic carbocycles. The van der Waals surface area contributed by atoms with Gasteiger partial charge in [0, 0.05) is 0 Å². The maximum atomic E-state index is 8.84. The van der Waals surface area contributed by atoms with E-state index in [2.05, 4.69) is 18.2 Å². The van der Waals surface area contributed by atoms with Crippen LogP contribution < -0.4 is 3.61 Å². The van der Waals surface area contributed by atoms with Crippen molar-refractivity contribution in [1.82, 2.24) is 0 Å². The molecule has 0 spiro atoms. The summed E-state index contributed by atoms with van der Waals surface area (Å²) in [5.74, 6) is 0. The molecule has 0 unspecified atom stereocenters. The predicted molar refractivity (Wildman–Crippen MR) is 51.5 cm³/mol. The van der Waals surface area contributed by atoms with Crippen molar-refractivity contribution >= 4 is 24.5 Å². The van der Waals surface area contributed by atoms with Crippen LogP contribution in [0.4, 0.5) is 0 Å². The van der Waals surface area contributed by atoms with E-state index < -0.39 is 0 Å². The van der Waals surface area contributed by atoms with Gasteiger partial charge in [0.25, 0.3) is 0 Å². The molecule has 0 atom stereocenters. The minimum absolute atomic E-state index is 0.119. The van der Waals surface area contributed by atoms with Crippen molar-refractivity contribution in [3.63, 3.8) is 0 Å². The Hall–Kier alpha value is -0.500. The van der Waals surface area contributed by atoms with Crippen molar-refractivity contribution in [1.29, 1.82) is 5.26 Å². The van der Waals surface area contributed by atoms with Gasteiger partial charge in [0.05, 0.1) is 0 Å². The zero-order chi connectivity index (χ0) is 9.03. The molecule has 0 bridgehead atoms.